The summed E-state index contributed by atoms with van der Waals surface area (Å²) in [4.78, 5) is 11.0. The number of rotatable bonds is 4. The molecule has 3 heteroatoms. The smallest absolute Gasteiger partial charge is 0.298 e. The Morgan fingerprint density at radius 2 is 2.08 bits per heavy atom. The van der Waals surface area contributed by atoms with E-state index in [9.17, 15) is 4.79 Å². The van der Waals surface area contributed by atoms with Crippen molar-refractivity contribution in [1.82, 2.24) is 0 Å². The Hall–Kier alpha value is -1.25. The molecule has 0 saturated heterocycles. The largest absolute Gasteiger partial charge is 0.466 e. The van der Waals surface area contributed by atoms with E-state index < -0.39 is 0 Å². The van der Waals surface area contributed by atoms with E-state index in [4.69, 9.17) is 4.74 Å². The van der Waals surface area contributed by atoms with Crippen molar-refractivity contribution >= 4 is 18.7 Å². The van der Waals surface area contributed by atoms with Gasteiger partial charge in [0.2, 0.25) is 0 Å². The maximum atomic E-state index is 11.0. The van der Waals surface area contributed by atoms with Crippen molar-refractivity contribution in [2.24, 2.45) is 0 Å². The van der Waals surface area contributed by atoms with Gasteiger partial charge in [-0.1, -0.05) is 35.8 Å². The van der Waals surface area contributed by atoms with Gasteiger partial charge in [0.25, 0.3) is 5.97 Å². The van der Waals surface area contributed by atoms with Crippen LogP contribution in [0.5, 0.6) is 0 Å². The fourth-order valence-electron chi connectivity index (χ4n) is 1.12. The van der Waals surface area contributed by atoms with Crippen molar-refractivity contribution < 1.29 is 9.53 Å². The second-order valence-electron chi connectivity index (χ2n) is 2.79. The lowest BCUT2D eigenvalue weighted by Crippen LogP contribution is -2.17. The predicted molar refractivity (Wildman–Crippen MR) is 54.7 cm³/mol. The molecule has 0 saturated carbocycles. The first kappa shape index (κ1) is 9.84. The van der Waals surface area contributed by atoms with Gasteiger partial charge in [0.1, 0.15) is 0 Å². The second-order valence-corrected chi connectivity index (χ2v) is 2.79. The lowest BCUT2D eigenvalue weighted by Gasteiger charge is -1.99. The standard InChI is InChI=1S/C10H13BO2/c1-2-13-10(12)8-11-9-6-4-3-5-7-9/h3-7,11H,2,8H2,1H3. The zero-order chi connectivity index (χ0) is 9.52. The lowest BCUT2D eigenvalue weighted by molar-refractivity contribution is -0.140. The molecule has 0 aliphatic carbocycles. The zero-order valence-electron chi connectivity index (χ0n) is 7.82. The first-order valence-corrected chi connectivity index (χ1v) is 4.52. The van der Waals surface area contributed by atoms with Crippen molar-refractivity contribution in [3.63, 3.8) is 0 Å². The minimum atomic E-state index is -0.119. The van der Waals surface area contributed by atoms with Crippen molar-refractivity contribution in [3.05, 3.63) is 30.3 Å². The van der Waals surface area contributed by atoms with Gasteiger partial charge >= 0.3 is 0 Å². The van der Waals surface area contributed by atoms with Gasteiger partial charge in [0.15, 0.2) is 7.28 Å². The topological polar surface area (TPSA) is 26.3 Å². The molecule has 13 heavy (non-hydrogen) atoms. The number of carbonyl (C=O) groups excluding carboxylic acids is 1. The van der Waals surface area contributed by atoms with E-state index in [1.54, 1.807) is 0 Å². The number of hydrogen-bond acceptors (Lipinski definition) is 2. The molecule has 0 bridgehead atoms. The molecule has 0 fully saturated rings. The molecule has 0 amide bonds. The van der Waals surface area contributed by atoms with Crippen LogP contribution in [0.4, 0.5) is 0 Å². The molecule has 0 spiro atoms. The third-order valence-electron chi connectivity index (χ3n) is 1.77. The van der Waals surface area contributed by atoms with Crippen LogP contribution in [0, 0.1) is 0 Å². The third kappa shape index (κ3) is 3.79. The molecule has 1 rings (SSSR count). The van der Waals surface area contributed by atoms with Crippen LogP contribution in [0.25, 0.3) is 0 Å². The normalized spacial score (nSPS) is 9.31. The van der Waals surface area contributed by atoms with E-state index in [2.05, 4.69) is 0 Å². The Labute approximate surface area is 79.2 Å². The van der Waals surface area contributed by atoms with E-state index in [0.717, 1.165) is 7.28 Å². The lowest BCUT2D eigenvalue weighted by atomic mass is 9.67. The molecule has 0 atom stereocenters. The first-order chi connectivity index (χ1) is 6.33. The SMILES string of the molecule is CCOC(=O)CBc1ccccc1. The Morgan fingerprint density at radius 3 is 2.69 bits per heavy atom. The van der Waals surface area contributed by atoms with Gasteiger partial charge in [0, 0.05) is 6.32 Å². The van der Waals surface area contributed by atoms with Crippen LogP contribution in [0.15, 0.2) is 30.3 Å². The molecular formula is C10H13BO2. The van der Waals surface area contributed by atoms with Crippen molar-refractivity contribution in [2.75, 3.05) is 6.61 Å². The van der Waals surface area contributed by atoms with Gasteiger partial charge in [-0.25, -0.2) is 0 Å². The summed E-state index contributed by atoms with van der Waals surface area (Å²) >= 11 is 0. The van der Waals surface area contributed by atoms with Gasteiger partial charge in [-0.2, -0.15) is 0 Å². The number of ether oxygens (including phenoxy) is 1. The molecule has 0 aliphatic heterocycles. The van der Waals surface area contributed by atoms with E-state index >= 15 is 0 Å². The minimum Gasteiger partial charge on any atom is -0.466 e. The molecule has 0 heterocycles. The monoisotopic (exact) mass is 176 g/mol. The third-order valence-corrected chi connectivity index (χ3v) is 1.77. The maximum Gasteiger partial charge on any atom is 0.298 e. The van der Waals surface area contributed by atoms with Crippen LogP contribution in [0.2, 0.25) is 6.32 Å². The van der Waals surface area contributed by atoms with E-state index in [-0.39, 0.29) is 5.97 Å². The predicted octanol–water partition coefficient (Wildman–Crippen LogP) is 0.730. The number of hydrogen-bond donors (Lipinski definition) is 0. The first-order valence-electron chi connectivity index (χ1n) is 4.52. The molecule has 1 aromatic carbocycles. The molecule has 0 aromatic heterocycles. The van der Waals surface area contributed by atoms with Crippen molar-refractivity contribution in [3.8, 4) is 0 Å². The summed E-state index contributed by atoms with van der Waals surface area (Å²) in [5.41, 5.74) is 1.18. The quantitative estimate of drug-likeness (QED) is 0.499. The Morgan fingerprint density at radius 1 is 1.38 bits per heavy atom. The highest BCUT2D eigenvalue weighted by atomic mass is 16.5. The number of esters is 1. The average molecular weight is 176 g/mol. The van der Waals surface area contributed by atoms with Gasteiger partial charge in [-0.3, -0.25) is 4.79 Å². The van der Waals surface area contributed by atoms with Crippen molar-refractivity contribution in [1.29, 1.82) is 0 Å². The second kappa shape index (κ2) is 5.41. The summed E-state index contributed by atoms with van der Waals surface area (Å²) in [5, 5.41) is 0. The molecule has 0 aliphatic rings. The van der Waals surface area contributed by atoms with Crippen LogP contribution in [0.1, 0.15) is 6.92 Å². The molecule has 1 aromatic rings. The summed E-state index contributed by atoms with van der Waals surface area (Å²) in [5.74, 6) is -0.119. The summed E-state index contributed by atoms with van der Waals surface area (Å²) in [6.45, 7) is 2.29. The summed E-state index contributed by atoms with van der Waals surface area (Å²) in [6, 6.07) is 9.94. The molecule has 0 N–H and O–H groups in total. The molecule has 68 valence electrons. The van der Waals surface area contributed by atoms with E-state index in [0.29, 0.717) is 12.9 Å². The Kier molecular flexibility index (Phi) is 4.09. The number of benzene rings is 1. The van der Waals surface area contributed by atoms with Gasteiger partial charge < -0.3 is 4.74 Å². The Bertz CT molecular complexity index is 259. The van der Waals surface area contributed by atoms with Gasteiger partial charge in [-0.15, -0.1) is 0 Å². The molecule has 0 radical (unpaired) electrons. The minimum absolute atomic E-state index is 0.119. The van der Waals surface area contributed by atoms with Gasteiger partial charge in [-0.05, 0) is 6.92 Å². The van der Waals surface area contributed by atoms with Crippen LogP contribution in [-0.4, -0.2) is 19.9 Å². The van der Waals surface area contributed by atoms with Crippen LogP contribution in [0.3, 0.4) is 0 Å². The molecule has 2 nitrogen and oxygen atoms in total. The van der Waals surface area contributed by atoms with E-state index in [1.807, 2.05) is 37.3 Å². The van der Waals surface area contributed by atoms with Crippen molar-refractivity contribution in [2.45, 2.75) is 13.2 Å². The molecular weight excluding hydrogens is 163 g/mol. The van der Waals surface area contributed by atoms with E-state index in [1.165, 1.54) is 5.46 Å². The average Bonchev–Trinajstić information content (AvgIpc) is 2.17. The molecule has 0 unspecified atom stereocenters. The van der Waals surface area contributed by atoms with Crippen LogP contribution < -0.4 is 5.46 Å². The number of carbonyl (C=O) groups is 1. The summed E-state index contributed by atoms with van der Waals surface area (Å²) in [7, 11) is 0.764. The van der Waals surface area contributed by atoms with Crippen LogP contribution in [-0.2, 0) is 9.53 Å². The summed E-state index contributed by atoms with van der Waals surface area (Å²) in [6.07, 6.45) is 0.470. The highest BCUT2D eigenvalue weighted by Crippen LogP contribution is 1.88. The maximum absolute atomic E-state index is 11.0. The highest BCUT2D eigenvalue weighted by molar-refractivity contribution is 6.56. The fourth-order valence-corrected chi connectivity index (χ4v) is 1.12. The van der Waals surface area contributed by atoms with Crippen LogP contribution >= 0.6 is 0 Å². The summed E-state index contributed by atoms with van der Waals surface area (Å²) < 4.78 is 4.82. The Balaban J connectivity index is 2.31. The van der Waals surface area contributed by atoms with Gasteiger partial charge in [0.05, 0.1) is 6.61 Å². The highest BCUT2D eigenvalue weighted by Gasteiger charge is 2.03. The fraction of sp³-hybridized carbons (Fsp3) is 0.300. The zero-order valence-corrected chi connectivity index (χ0v) is 7.82.